The van der Waals surface area contributed by atoms with Gasteiger partial charge in [-0.3, -0.25) is 4.90 Å². The van der Waals surface area contributed by atoms with Crippen molar-refractivity contribution in [3.05, 3.63) is 58.0 Å². The van der Waals surface area contributed by atoms with Crippen LogP contribution in [0.1, 0.15) is 40.4 Å². The Morgan fingerprint density at radius 3 is 2.79 bits per heavy atom. The third-order valence-electron chi connectivity index (χ3n) is 4.80. The maximum absolute atomic E-state index is 11.0. The first-order chi connectivity index (χ1) is 11.7. The molecule has 24 heavy (non-hydrogen) atoms. The first-order valence-corrected chi connectivity index (χ1v) is 9.13. The molecule has 1 N–H and O–H groups in total. The van der Waals surface area contributed by atoms with E-state index in [-0.39, 0.29) is 5.76 Å². The van der Waals surface area contributed by atoms with Gasteiger partial charge in [0, 0.05) is 11.9 Å². The number of aromatic carboxylic acids is 1. The molecule has 0 bridgehead atoms. The highest BCUT2D eigenvalue weighted by atomic mass is 32.1. The largest absolute Gasteiger partial charge is 0.475 e. The first-order valence-electron chi connectivity index (χ1n) is 8.19. The molecule has 0 spiro atoms. The van der Waals surface area contributed by atoms with Crippen LogP contribution in [0.5, 0.6) is 0 Å². The molecule has 0 aliphatic carbocycles. The van der Waals surface area contributed by atoms with Gasteiger partial charge in [-0.05, 0) is 78.0 Å². The number of carboxylic acid groups (broad SMARTS) is 1. The normalized spacial score (nSPS) is 16.7. The fraction of sp³-hybridized carbons (Fsp3) is 0.316. The molecule has 124 valence electrons. The number of carbonyl (C=O) groups is 1. The fourth-order valence-electron chi connectivity index (χ4n) is 3.49. The van der Waals surface area contributed by atoms with Crippen molar-refractivity contribution in [1.82, 2.24) is 4.90 Å². The maximum Gasteiger partial charge on any atom is 0.371 e. The van der Waals surface area contributed by atoms with Gasteiger partial charge in [0.05, 0.1) is 0 Å². The molecule has 4 nitrogen and oxygen atoms in total. The third kappa shape index (κ3) is 3.09. The van der Waals surface area contributed by atoms with Crippen LogP contribution < -0.4 is 0 Å². The molecule has 0 radical (unpaired) electrons. The van der Waals surface area contributed by atoms with E-state index in [1.807, 2.05) is 18.2 Å². The van der Waals surface area contributed by atoms with Gasteiger partial charge in [-0.2, -0.15) is 11.3 Å². The fourth-order valence-corrected chi connectivity index (χ4v) is 4.23. The Balaban J connectivity index is 1.42. The van der Waals surface area contributed by atoms with Gasteiger partial charge in [-0.1, -0.05) is 6.07 Å². The molecule has 0 saturated carbocycles. The molecule has 1 fully saturated rings. The number of piperidine rings is 1. The van der Waals surface area contributed by atoms with Gasteiger partial charge in [0.2, 0.25) is 5.76 Å². The van der Waals surface area contributed by atoms with Crippen molar-refractivity contribution in [3.63, 3.8) is 0 Å². The van der Waals surface area contributed by atoms with Crippen LogP contribution in [0.15, 0.2) is 45.5 Å². The van der Waals surface area contributed by atoms with Gasteiger partial charge in [0.1, 0.15) is 5.58 Å². The molecular formula is C19H19NO3S. The Kier molecular flexibility index (Phi) is 4.12. The second-order valence-corrected chi connectivity index (χ2v) is 7.18. The van der Waals surface area contributed by atoms with E-state index < -0.39 is 5.97 Å². The first kappa shape index (κ1) is 15.4. The van der Waals surface area contributed by atoms with E-state index in [4.69, 9.17) is 9.52 Å². The molecule has 4 rings (SSSR count). The predicted octanol–water partition coefficient (Wildman–Crippen LogP) is 4.57. The number of benzene rings is 1. The van der Waals surface area contributed by atoms with Gasteiger partial charge >= 0.3 is 5.97 Å². The summed E-state index contributed by atoms with van der Waals surface area (Å²) >= 11 is 1.78. The molecule has 5 heteroatoms. The van der Waals surface area contributed by atoms with Crippen molar-refractivity contribution in [2.24, 2.45) is 0 Å². The van der Waals surface area contributed by atoms with E-state index in [9.17, 15) is 4.79 Å². The molecule has 3 heterocycles. The monoisotopic (exact) mass is 341 g/mol. The van der Waals surface area contributed by atoms with Crippen LogP contribution in [0.25, 0.3) is 11.0 Å². The molecule has 3 aromatic rings. The van der Waals surface area contributed by atoms with Crippen LogP contribution in [-0.4, -0.2) is 29.1 Å². The van der Waals surface area contributed by atoms with Crippen LogP contribution >= 0.6 is 11.3 Å². The maximum atomic E-state index is 11.0. The Labute approximate surface area is 144 Å². The van der Waals surface area contributed by atoms with Gasteiger partial charge in [0.25, 0.3) is 0 Å². The quantitative estimate of drug-likeness (QED) is 0.755. The van der Waals surface area contributed by atoms with Crippen LogP contribution in [0.2, 0.25) is 0 Å². The van der Waals surface area contributed by atoms with Crippen molar-refractivity contribution in [1.29, 1.82) is 0 Å². The summed E-state index contributed by atoms with van der Waals surface area (Å²) in [6.45, 7) is 3.11. The highest BCUT2D eigenvalue weighted by Crippen LogP contribution is 2.30. The lowest BCUT2D eigenvalue weighted by Crippen LogP contribution is -2.32. The lowest BCUT2D eigenvalue weighted by atomic mass is 9.91. The topological polar surface area (TPSA) is 53.7 Å². The molecule has 1 aliphatic heterocycles. The van der Waals surface area contributed by atoms with E-state index in [1.54, 1.807) is 17.4 Å². The number of carboxylic acids is 1. The van der Waals surface area contributed by atoms with E-state index in [2.05, 4.69) is 21.7 Å². The van der Waals surface area contributed by atoms with Gasteiger partial charge in [0.15, 0.2) is 0 Å². The highest BCUT2D eigenvalue weighted by molar-refractivity contribution is 7.07. The standard InChI is InChI=1S/C19H19NO3S/c21-19(22)18-10-16-9-13(1-2-17(16)23-18)11-20-6-3-14(4-7-20)15-5-8-24-12-15/h1-2,5,8-10,12,14H,3-4,6-7,11H2,(H,21,22). The number of rotatable bonds is 4. The Hall–Kier alpha value is -2.11. The Morgan fingerprint density at radius 2 is 2.08 bits per heavy atom. The minimum absolute atomic E-state index is 0.00118. The molecule has 1 saturated heterocycles. The molecule has 1 aliphatic rings. The van der Waals surface area contributed by atoms with E-state index in [0.29, 0.717) is 11.5 Å². The van der Waals surface area contributed by atoms with Gasteiger partial charge in [-0.15, -0.1) is 0 Å². The second-order valence-electron chi connectivity index (χ2n) is 6.40. The summed E-state index contributed by atoms with van der Waals surface area (Å²) in [5.41, 5.74) is 3.32. The molecular weight excluding hydrogens is 322 g/mol. The molecule has 0 atom stereocenters. The number of thiophene rings is 1. The summed E-state index contributed by atoms with van der Waals surface area (Å²) < 4.78 is 5.32. The summed E-state index contributed by atoms with van der Waals surface area (Å²) in [7, 11) is 0. The minimum atomic E-state index is -1.02. The molecule has 1 aromatic carbocycles. The summed E-state index contributed by atoms with van der Waals surface area (Å²) in [5, 5.41) is 14.3. The number of furan rings is 1. The summed E-state index contributed by atoms with van der Waals surface area (Å²) in [6, 6.07) is 9.79. The summed E-state index contributed by atoms with van der Waals surface area (Å²) in [5.74, 6) is -0.330. The number of fused-ring (bicyclic) bond motifs is 1. The van der Waals surface area contributed by atoms with E-state index in [1.165, 1.54) is 24.0 Å². The molecule has 2 aromatic heterocycles. The smallest absolute Gasteiger partial charge is 0.371 e. The number of nitrogens with zero attached hydrogens (tertiary/aromatic N) is 1. The van der Waals surface area contributed by atoms with Crippen LogP contribution in [-0.2, 0) is 6.54 Å². The van der Waals surface area contributed by atoms with Crippen LogP contribution in [0, 0.1) is 0 Å². The lowest BCUT2D eigenvalue weighted by Gasteiger charge is -2.31. The SMILES string of the molecule is O=C(O)c1cc2cc(CN3CCC(c4ccsc4)CC3)ccc2o1. The predicted molar refractivity (Wildman–Crippen MR) is 94.7 cm³/mol. The molecule has 0 unspecified atom stereocenters. The van der Waals surface area contributed by atoms with Crippen molar-refractivity contribution in [3.8, 4) is 0 Å². The Morgan fingerprint density at radius 1 is 1.25 bits per heavy atom. The average Bonchev–Trinajstić information content (AvgIpc) is 3.25. The van der Waals surface area contributed by atoms with Crippen LogP contribution in [0.4, 0.5) is 0 Å². The van der Waals surface area contributed by atoms with Crippen LogP contribution in [0.3, 0.4) is 0 Å². The highest BCUT2D eigenvalue weighted by Gasteiger charge is 2.21. The van der Waals surface area contributed by atoms with Crippen molar-refractivity contribution in [2.45, 2.75) is 25.3 Å². The number of likely N-dealkylation sites (tertiary alicyclic amines) is 1. The summed E-state index contributed by atoms with van der Waals surface area (Å²) in [6.07, 6.45) is 2.40. The third-order valence-corrected chi connectivity index (χ3v) is 5.50. The Bertz CT molecular complexity index is 845. The number of hydrogen-bond donors (Lipinski definition) is 1. The lowest BCUT2D eigenvalue weighted by molar-refractivity contribution is 0.0665. The summed E-state index contributed by atoms with van der Waals surface area (Å²) in [4.78, 5) is 13.5. The average molecular weight is 341 g/mol. The molecule has 0 amide bonds. The van der Waals surface area contributed by atoms with E-state index in [0.717, 1.165) is 25.0 Å². The zero-order chi connectivity index (χ0) is 16.5. The van der Waals surface area contributed by atoms with Gasteiger partial charge < -0.3 is 9.52 Å². The zero-order valence-corrected chi connectivity index (χ0v) is 14.1. The van der Waals surface area contributed by atoms with Crippen molar-refractivity contribution in [2.75, 3.05) is 13.1 Å². The minimum Gasteiger partial charge on any atom is -0.475 e. The number of hydrogen-bond acceptors (Lipinski definition) is 4. The van der Waals surface area contributed by atoms with Gasteiger partial charge in [-0.25, -0.2) is 4.79 Å². The zero-order valence-electron chi connectivity index (χ0n) is 13.3. The second kappa shape index (κ2) is 6.42. The van der Waals surface area contributed by atoms with Crippen molar-refractivity contribution < 1.29 is 14.3 Å². The van der Waals surface area contributed by atoms with E-state index >= 15 is 0 Å². The van der Waals surface area contributed by atoms with Crippen molar-refractivity contribution >= 4 is 28.3 Å².